The molecule has 9 heteroatoms. The van der Waals surface area contributed by atoms with Gasteiger partial charge in [-0.05, 0) is 41.3 Å². The molecule has 3 N–H and O–H groups in total. The van der Waals surface area contributed by atoms with Crippen LogP contribution in [0.3, 0.4) is 0 Å². The number of ether oxygens (including phenoxy) is 2. The molecule has 3 atom stereocenters. The van der Waals surface area contributed by atoms with Crippen LogP contribution in [0.2, 0.25) is 0 Å². The molecule has 1 aliphatic heterocycles. The number of likely N-dealkylation sites (N-methyl/N-ethyl adjacent to an activating group) is 1. The number of carboxylic acids is 1. The molecule has 0 saturated carbocycles. The number of rotatable bonds is 10. The fourth-order valence-electron chi connectivity index (χ4n) is 5.50. The Morgan fingerprint density at radius 3 is 2.25 bits per heavy atom. The van der Waals surface area contributed by atoms with Gasteiger partial charge in [0.1, 0.15) is 12.6 Å². The standard InChI is InChI=1S/C31H33N3O6/c1-34(17-20-9-3-2-4-10-20)18-27(30(36)37)32-29(35)28-26(15-16-39-28)33-31(38)40-19-25-23-13-7-5-11-21(23)22-12-6-8-14-24(22)25/h2-14,25-28H,15-19H2,1H3,(H,32,35)(H,33,38)(H,36,37). The minimum absolute atomic E-state index is 0.0822. The zero-order valence-electron chi connectivity index (χ0n) is 22.3. The number of carbonyl (C=O) groups is 3. The zero-order chi connectivity index (χ0) is 28.1. The molecule has 0 aromatic heterocycles. The number of nitrogens with zero attached hydrogens (tertiary/aromatic N) is 1. The maximum Gasteiger partial charge on any atom is 0.407 e. The lowest BCUT2D eigenvalue weighted by Crippen LogP contribution is -2.54. The van der Waals surface area contributed by atoms with Gasteiger partial charge < -0.3 is 25.2 Å². The Morgan fingerprint density at radius 2 is 1.60 bits per heavy atom. The molecule has 3 unspecified atom stereocenters. The molecule has 3 aromatic carbocycles. The van der Waals surface area contributed by atoms with E-state index in [4.69, 9.17) is 9.47 Å². The Morgan fingerprint density at radius 1 is 0.975 bits per heavy atom. The normalized spacial score (nSPS) is 18.6. The van der Waals surface area contributed by atoms with Crippen LogP contribution in [0.15, 0.2) is 78.9 Å². The third-order valence-electron chi connectivity index (χ3n) is 7.40. The van der Waals surface area contributed by atoms with Crippen LogP contribution in [-0.2, 0) is 25.6 Å². The second-order valence-electron chi connectivity index (χ2n) is 10.2. The van der Waals surface area contributed by atoms with Gasteiger partial charge in [0.2, 0.25) is 0 Å². The van der Waals surface area contributed by atoms with Crippen molar-refractivity contribution in [2.45, 2.75) is 37.1 Å². The van der Waals surface area contributed by atoms with E-state index < -0.39 is 36.2 Å². The molecule has 1 aliphatic carbocycles. The summed E-state index contributed by atoms with van der Waals surface area (Å²) in [4.78, 5) is 39.5. The lowest BCUT2D eigenvalue weighted by Gasteiger charge is -2.25. The first-order valence-corrected chi connectivity index (χ1v) is 13.4. The van der Waals surface area contributed by atoms with Crippen molar-refractivity contribution < 1.29 is 29.0 Å². The minimum Gasteiger partial charge on any atom is -0.480 e. The average Bonchev–Trinajstić information content (AvgIpc) is 3.54. The predicted molar refractivity (Wildman–Crippen MR) is 149 cm³/mol. The van der Waals surface area contributed by atoms with E-state index in [1.807, 2.05) is 71.6 Å². The molecule has 1 heterocycles. The molecule has 9 nitrogen and oxygen atoms in total. The largest absolute Gasteiger partial charge is 0.480 e. The number of hydrogen-bond acceptors (Lipinski definition) is 6. The second kappa shape index (κ2) is 12.3. The van der Waals surface area contributed by atoms with E-state index in [1.165, 1.54) is 0 Å². The highest BCUT2D eigenvalue weighted by molar-refractivity contribution is 5.87. The fraction of sp³-hybridized carbons (Fsp3) is 0.323. The van der Waals surface area contributed by atoms with E-state index in [-0.39, 0.29) is 25.7 Å². The summed E-state index contributed by atoms with van der Waals surface area (Å²) in [5.74, 6) is -1.81. The Balaban J connectivity index is 1.15. The Labute approximate surface area is 233 Å². The van der Waals surface area contributed by atoms with Crippen LogP contribution < -0.4 is 10.6 Å². The van der Waals surface area contributed by atoms with Crippen LogP contribution >= 0.6 is 0 Å². The molecule has 3 aromatic rings. The molecule has 40 heavy (non-hydrogen) atoms. The highest BCUT2D eigenvalue weighted by Gasteiger charge is 2.38. The third kappa shape index (κ3) is 6.16. The van der Waals surface area contributed by atoms with Gasteiger partial charge in [-0.1, -0.05) is 78.9 Å². The summed E-state index contributed by atoms with van der Waals surface area (Å²) >= 11 is 0. The fourth-order valence-corrected chi connectivity index (χ4v) is 5.50. The van der Waals surface area contributed by atoms with Crippen molar-refractivity contribution in [1.82, 2.24) is 15.5 Å². The van der Waals surface area contributed by atoms with Gasteiger partial charge in [0.05, 0.1) is 6.04 Å². The zero-order valence-corrected chi connectivity index (χ0v) is 22.3. The van der Waals surface area contributed by atoms with Gasteiger partial charge in [-0.25, -0.2) is 9.59 Å². The maximum atomic E-state index is 13.0. The SMILES string of the molecule is CN(Cc1ccccc1)CC(NC(=O)C1OCCC1NC(=O)OCC1c2ccccc2-c2ccccc21)C(=O)O. The highest BCUT2D eigenvalue weighted by Crippen LogP contribution is 2.44. The number of carboxylic acid groups (broad SMARTS) is 1. The number of fused-ring (bicyclic) bond motifs is 3. The van der Waals surface area contributed by atoms with Crippen molar-refractivity contribution in [2.24, 2.45) is 0 Å². The molecule has 2 aliphatic rings. The monoisotopic (exact) mass is 543 g/mol. The lowest BCUT2D eigenvalue weighted by atomic mass is 9.98. The van der Waals surface area contributed by atoms with E-state index in [2.05, 4.69) is 22.8 Å². The van der Waals surface area contributed by atoms with Gasteiger partial charge in [-0.3, -0.25) is 9.69 Å². The summed E-state index contributed by atoms with van der Waals surface area (Å²) < 4.78 is 11.2. The minimum atomic E-state index is -1.15. The van der Waals surface area contributed by atoms with Crippen molar-refractivity contribution in [2.75, 3.05) is 26.8 Å². The predicted octanol–water partition coefficient (Wildman–Crippen LogP) is 3.38. The van der Waals surface area contributed by atoms with Crippen LogP contribution in [0.4, 0.5) is 4.79 Å². The smallest absolute Gasteiger partial charge is 0.407 e. The van der Waals surface area contributed by atoms with Crippen LogP contribution in [0, 0.1) is 0 Å². The highest BCUT2D eigenvalue weighted by atomic mass is 16.6. The summed E-state index contributed by atoms with van der Waals surface area (Å²) in [5.41, 5.74) is 5.52. The van der Waals surface area contributed by atoms with Gasteiger partial charge in [0, 0.05) is 25.6 Å². The van der Waals surface area contributed by atoms with Crippen LogP contribution in [0.5, 0.6) is 0 Å². The first-order valence-electron chi connectivity index (χ1n) is 13.4. The van der Waals surface area contributed by atoms with E-state index in [9.17, 15) is 19.5 Å². The van der Waals surface area contributed by atoms with Gasteiger partial charge in [-0.2, -0.15) is 0 Å². The van der Waals surface area contributed by atoms with Crippen LogP contribution in [-0.4, -0.2) is 73.0 Å². The van der Waals surface area contributed by atoms with Crippen molar-refractivity contribution in [1.29, 1.82) is 0 Å². The molecule has 2 amide bonds. The summed E-state index contributed by atoms with van der Waals surface area (Å²) in [7, 11) is 1.79. The summed E-state index contributed by atoms with van der Waals surface area (Å²) in [5, 5.41) is 15.1. The van der Waals surface area contributed by atoms with Crippen molar-refractivity contribution in [3.05, 3.63) is 95.6 Å². The number of benzene rings is 3. The Hall–Kier alpha value is -4.21. The topological polar surface area (TPSA) is 117 Å². The van der Waals surface area contributed by atoms with E-state index in [0.29, 0.717) is 13.0 Å². The molecule has 1 fully saturated rings. The van der Waals surface area contributed by atoms with Crippen LogP contribution in [0.25, 0.3) is 11.1 Å². The van der Waals surface area contributed by atoms with Gasteiger partial charge in [0.15, 0.2) is 6.10 Å². The second-order valence-corrected chi connectivity index (χ2v) is 10.2. The number of nitrogens with one attached hydrogen (secondary N) is 2. The number of aliphatic carboxylic acids is 1. The number of hydrogen-bond donors (Lipinski definition) is 3. The maximum absolute atomic E-state index is 13.0. The molecule has 208 valence electrons. The van der Waals surface area contributed by atoms with E-state index in [0.717, 1.165) is 27.8 Å². The number of amides is 2. The molecular weight excluding hydrogens is 510 g/mol. The van der Waals surface area contributed by atoms with Gasteiger partial charge in [0.25, 0.3) is 5.91 Å². The van der Waals surface area contributed by atoms with E-state index in [1.54, 1.807) is 7.05 Å². The van der Waals surface area contributed by atoms with Crippen molar-refractivity contribution in [3.8, 4) is 11.1 Å². The lowest BCUT2D eigenvalue weighted by molar-refractivity contribution is -0.144. The summed E-state index contributed by atoms with van der Waals surface area (Å²) in [6.07, 6.45) is -1.25. The summed E-state index contributed by atoms with van der Waals surface area (Å²) in [6, 6.07) is 24.0. The van der Waals surface area contributed by atoms with Crippen molar-refractivity contribution in [3.63, 3.8) is 0 Å². The van der Waals surface area contributed by atoms with E-state index >= 15 is 0 Å². The first kappa shape index (κ1) is 27.4. The molecule has 5 rings (SSSR count). The average molecular weight is 544 g/mol. The quantitative estimate of drug-likeness (QED) is 0.359. The van der Waals surface area contributed by atoms with Gasteiger partial charge in [-0.15, -0.1) is 0 Å². The third-order valence-corrected chi connectivity index (χ3v) is 7.40. The molecule has 0 radical (unpaired) electrons. The molecular formula is C31H33N3O6. The Bertz CT molecular complexity index is 1320. The van der Waals surface area contributed by atoms with Crippen molar-refractivity contribution >= 4 is 18.0 Å². The molecule has 1 saturated heterocycles. The molecule has 0 spiro atoms. The Kier molecular flexibility index (Phi) is 8.42. The van der Waals surface area contributed by atoms with Gasteiger partial charge >= 0.3 is 12.1 Å². The van der Waals surface area contributed by atoms with Crippen LogP contribution in [0.1, 0.15) is 29.0 Å². The number of carbonyl (C=O) groups excluding carboxylic acids is 2. The number of alkyl carbamates (subject to hydrolysis) is 1. The summed E-state index contributed by atoms with van der Waals surface area (Å²) in [6.45, 7) is 1.05. The first-order chi connectivity index (χ1) is 19.4. The molecule has 0 bridgehead atoms.